The predicted octanol–water partition coefficient (Wildman–Crippen LogP) is 2.99. The number of nitrogen functional groups attached to an aromatic ring is 1. The van der Waals surface area contributed by atoms with Gasteiger partial charge in [-0.25, -0.2) is 13.4 Å². The van der Waals surface area contributed by atoms with E-state index in [0.717, 1.165) is 15.8 Å². The number of rotatable bonds is 3. The largest absolute Gasteiger partial charge is 0.399 e. The minimum atomic E-state index is -3.69. The molecule has 0 fully saturated rings. The van der Waals surface area contributed by atoms with Crippen LogP contribution in [0.4, 0.5) is 10.8 Å². The zero-order valence-electron chi connectivity index (χ0n) is 11.2. The number of fused-ring (bicyclic) bond motifs is 1. The summed E-state index contributed by atoms with van der Waals surface area (Å²) < 4.78 is 28.2. The highest BCUT2D eigenvalue weighted by Gasteiger charge is 2.17. The lowest BCUT2D eigenvalue weighted by molar-refractivity contribution is 0.601. The number of thiazole rings is 1. The Morgan fingerprint density at radius 1 is 1.19 bits per heavy atom. The van der Waals surface area contributed by atoms with Crippen LogP contribution in [0.1, 0.15) is 5.56 Å². The molecule has 0 radical (unpaired) electrons. The van der Waals surface area contributed by atoms with Gasteiger partial charge in [-0.1, -0.05) is 23.5 Å². The number of nitrogens with zero attached hydrogens (tertiary/aromatic N) is 1. The molecule has 7 heteroatoms. The molecule has 21 heavy (non-hydrogen) atoms. The van der Waals surface area contributed by atoms with Gasteiger partial charge in [-0.15, -0.1) is 0 Å². The Balaban J connectivity index is 1.98. The summed E-state index contributed by atoms with van der Waals surface area (Å²) in [6.07, 6.45) is 0. The standard InChI is InChI=1S/C14H13N3O2S2/c1-9-6-10(15)8-11(7-9)21(18,19)17-14-16-12-4-2-3-5-13(12)20-14/h2-8H,15H2,1H3,(H,16,17). The summed E-state index contributed by atoms with van der Waals surface area (Å²) in [5.74, 6) is 0. The molecule has 1 aromatic heterocycles. The van der Waals surface area contributed by atoms with E-state index < -0.39 is 10.0 Å². The Labute approximate surface area is 126 Å². The quantitative estimate of drug-likeness (QED) is 0.727. The molecule has 3 N–H and O–H groups in total. The minimum absolute atomic E-state index is 0.138. The fourth-order valence-electron chi connectivity index (χ4n) is 2.02. The molecule has 0 amide bonds. The van der Waals surface area contributed by atoms with Crippen LogP contribution in [0, 0.1) is 6.92 Å². The average Bonchev–Trinajstić information content (AvgIpc) is 2.78. The number of benzene rings is 2. The maximum atomic E-state index is 12.4. The molecule has 0 aliphatic carbocycles. The second-order valence-electron chi connectivity index (χ2n) is 4.67. The summed E-state index contributed by atoms with van der Waals surface area (Å²) in [5, 5.41) is 0.344. The van der Waals surface area contributed by atoms with Crippen LogP contribution in [0.5, 0.6) is 0 Å². The molecule has 3 aromatic rings. The number of nitrogens with two attached hydrogens (primary N) is 1. The van der Waals surface area contributed by atoms with Gasteiger partial charge >= 0.3 is 0 Å². The van der Waals surface area contributed by atoms with Crippen molar-refractivity contribution in [3.63, 3.8) is 0 Å². The third-order valence-electron chi connectivity index (χ3n) is 2.90. The van der Waals surface area contributed by atoms with Crippen LogP contribution < -0.4 is 10.5 Å². The van der Waals surface area contributed by atoms with Crippen molar-refractivity contribution in [2.24, 2.45) is 0 Å². The van der Waals surface area contributed by atoms with Crippen molar-refractivity contribution < 1.29 is 8.42 Å². The van der Waals surface area contributed by atoms with Crippen LogP contribution in [-0.4, -0.2) is 13.4 Å². The molecule has 0 aliphatic heterocycles. The van der Waals surface area contributed by atoms with Gasteiger partial charge in [-0.3, -0.25) is 4.72 Å². The van der Waals surface area contributed by atoms with Gasteiger partial charge in [-0.05, 0) is 42.8 Å². The van der Waals surface area contributed by atoms with Crippen molar-refractivity contribution in [2.75, 3.05) is 10.5 Å². The molecule has 0 saturated heterocycles. The van der Waals surface area contributed by atoms with Crippen molar-refractivity contribution in [3.05, 3.63) is 48.0 Å². The van der Waals surface area contributed by atoms with Gasteiger partial charge in [0, 0.05) is 5.69 Å². The Morgan fingerprint density at radius 2 is 1.95 bits per heavy atom. The summed E-state index contributed by atoms with van der Waals surface area (Å²) in [7, 11) is -3.69. The number of aryl methyl sites for hydroxylation is 1. The lowest BCUT2D eigenvalue weighted by Gasteiger charge is -2.07. The molecular weight excluding hydrogens is 306 g/mol. The zero-order chi connectivity index (χ0) is 15.0. The van der Waals surface area contributed by atoms with Crippen molar-refractivity contribution in [1.29, 1.82) is 0 Å². The maximum absolute atomic E-state index is 12.4. The first-order valence-corrected chi connectivity index (χ1v) is 8.49. The molecule has 0 saturated carbocycles. The van der Waals surface area contributed by atoms with Crippen LogP contribution in [0.3, 0.4) is 0 Å². The van der Waals surface area contributed by atoms with Crippen LogP contribution in [0.15, 0.2) is 47.4 Å². The zero-order valence-corrected chi connectivity index (χ0v) is 12.8. The molecule has 108 valence electrons. The highest BCUT2D eigenvalue weighted by Crippen LogP contribution is 2.27. The number of para-hydroxylation sites is 1. The van der Waals surface area contributed by atoms with Crippen LogP contribution in [0.2, 0.25) is 0 Å². The van der Waals surface area contributed by atoms with Crippen LogP contribution >= 0.6 is 11.3 Å². The predicted molar refractivity (Wildman–Crippen MR) is 86.0 cm³/mol. The molecule has 0 atom stereocenters. The van der Waals surface area contributed by atoms with E-state index in [2.05, 4.69) is 9.71 Å². The summed E-state index contributed by atoms with van der Waals surface area (Å²) >= 11 is 1.29. The van der Waals surface area contributed by atoms with Crippen molar-refractivity contribution in [2.45, 2.75) is 11.8 Å². The Kier molecular flexibility index (Phi) is 3.30. The molecule has 0 spiro atoms. The summed E-state index contributed by atoms with van der Waals surface area (Å²) in [5.41, 5.74) is 7.68. The van der Waals surface area contributed by atoms with Gasteiger partial charge in [0.2, 0.25) is 0 Å². The van der Waals surface area contributed by atoms with Gasteiger partial charge in [0.25, 0.3) is 10.0 Å². The topological polar surface area (TPSA) is 85.1 Å². The van der Waals surface area contributed by atoms with E-state index >= 15 is 0 Å². The number of nitrogens with one attached hydrogen (secondary N) is 1. The van der Waals surface area contributed by atoms with Gasteiger partial charge in [0.15, 0.2) is 5.13 Å². The first kappa shape index (κ1) is 13.8. The number of hydrogen-bond acceptors (Lipinski definition) is 5. The van der Waals surface area contributed by atoms with Gasteiger partial charge in [0.05, 0.1) is 15.1 Å². The van der Waals surface area contributed by atoms with Crippen molar-refractivity contribution >= 4 is 42.4 Å². The Bertz CT molecular complexity index is 864. The first-order chi connectivity index (χ1) is 9.94. The molecular formula is C14H13N3O2S2. The van der Waals surface area contributed by atoms with E-state index in [4.69, 9.17) is 5.73 Å². The normalized spacial score (nSPS) is 11.7. The van der Waals surface area contributed by atoms with Crippen molar-refractivity contribution in [3.8, 4) is 0 Å². The third kappa shape index (κ3) is 2.84. The molecule has 0 unspecified atom stereocenters. The van der Waals surface area contributed by atoms with E-state index in [1.165, 1.54) is 17.4 Å². The Morgan fingerprint density at radius 3 is 2.67 bits per heavy atom. The number of anilines is 2. The van der Waals surface area contributed by atoms with E-state index in [1.807, 2.05) is 24.3 Å². The maximum Gasteiger partial charge on any atom is 0.263 e. The fourth-order valence-corrected chi connectivity index (χ4v) is 4.26. The van der Waals surface area contributed by atoms with Crippen LogP contribution in [0.25, 0.3) is 10.2 Å². The first-order valence-electron chi connectivity index (χ1n) is 6.20. The molecule has 5 nitrogen and oxygen atoms in total. The SMILES string of the molecule is Cc1cc(N)cc(S(=O)(=O)Nc2nc3ccccc3s2)c1. The lowest BCUT2D eigenvalue weighted by Crippen LogP contribution is -2.13. The van der Waals surface area contributed by atoms with Crippen LogP contribution in [-0.2, 0) is 10.0 Å². The van der Waals surface area contributed by atoms with E-state index in [1.54, 1.807) is 19.1 Å². The lowest BCUT2D eigenvalue weighted by atomic mass is 10.2. The average molecular weight is 319 g/mol. The van der Waals surface area contributed by atoms with Gasteiger partial charge in [-0.2, -0.15) is 0 Å². The smallest absolute Gasteiger partial charge is 0.263 e. The summed E-state index contributed by atoms with van der Waals surface area (Å²) in [6, 6.07) is 12.2. The second-order valence-corrected chi connectivity index (χ2v) is 7.38. The Hall–Kier alpha value is -2.12. The molecule has 1 heterocycles. The van der Waals surface area contributed by atoms with Gasteiger partial charge < -0.3 is 5.73 Å². The fraction of sp³-hybridized carbons (Fsp3) is 0.0714. The van der Waals surface area contributed by atoms with E-state index in [-0.39, 0.29) is 4.90 Å². The highest BCUT2D eigenvalue weighted by molar-refractivity contribution is 7.93. The monoisotopic (exact) mass is 319 g/mol. The molecule has 0 bridgehead atoms. The third-order valence-corrected chi connectivity index (χ3v) is 5.30. The summed E-state index contributed by atoms with van der Waals surface area (Å²) in [6.45, 7) is 1.80. The number of hydrogen-bond donors (Lipinski definition) is 2. The number of sulfonamides is 1. The minimum Gasteiger partial charge on any atom is -0.399 e. The van der Waals surface area contributed by atoms with E-state index in [0.29, 0.717) is 10.8 Å². The highest BCUT2D eigenvalue weighted by atomic mass is 32.2. The second kappa shape index (κ2) is 5.01. The number of aromatic nitrogens is 1. The molecule has 2 aromatic carbocycles. The van der Waals surface area contributed by atoms with Crippen molar-refractivity contribution in [1.82, 2.24) is 4.98 Å². The molecule has 3 rings (SSSR count). The summed E-state index contributed by atoms with van der Waals surface area (Å²) in [4.78, 5) is 4.40. The van der Waals surface area contributed by atoms with E-state index in [9.17, 15) is 8.42 Å². The molecule has 0 aliphatic rings. The van der Waals surface area contributed by atoms with Gasteiger partial charge in [0.1, 0.15) is 0 Å².